The van der Waals surface area contributed by atoms with Crippen LogP contribution < -0.4 is 0 Å². The molecule has 6 aromatic rings. The van der Waals surface area contributed by atoms with Crippen LogP contribution in [0.2, 0.25) is 0 Å². The smallest absolute Gasteiger partial charge is 0.418 e. The quantitative estimate of drug-likeness (QED) is 0.0917. The maximum atomic E-state index is 14.3. The number of alkyl halides is 3. The van der Waals surface area contributed by atoms with Crippen molar-refractivity contribution in [1.29, 1.82) is 0 Å². The highest BCUT2D eigenvalue weighted by molar-refractivity contribution is 7.86. The Morgan fingerprint density at radius 1 is 0.569 bits per heavy atom. The molecule has 4 N–H and O–H groups in total. The van der Waals surface area contributed by atoms with Gasteiger partial charge in [-0.05, 0) is 70.8 Å². The molecule has 0 heterocycles. The molecule has 0 aliphatic heterocycles. The van der Waals surface area contributed by atoms with Crippen molar-refractivity contribution in [3.63, 3.8) is 0 Å². The average Bonchev–Trinajstić information content (AvgIpc) is 3.06. The van der Waals surface area contributed by atoms with E-state index < -0.39 is 70.3 Å². The van der Waals surface area contributed by atoms with E-state index in [1.807, 2.05) is 0 Å². The molecule has 0 fully saturated rings. The van der Waals surface area contributed by atoms with Gasteiger partial charge in [-0.2, -0.15) is 35.1 Å². The van der Waals surface area contributed by atoms with Crippen LogP contribution in [0.5, 0.6) is 11.5 Å². The summed E-state index contributed by atoms with van der Waals surface area (Å²) in [4.78, 5) is -1.54. The SMILES string of the molecule is Cc1cc(-c2ccc(N=Nc3c(S(=O)(=O)O)cc4ccccc4c3O)c(C(F)(F)F)c2)ccc1N=Nc1c(S(=O)(=O)O)cc2ccccc2c1O. The van der Waals surface area contributed by atoms with E-state index in [0.29, 0.717) is 16.5 Å². The highest BCUT2D eigenvalue weighted by atomic mass is 32.2. The molecule has 0 aromatic heterocycles. The van der Waals surface area contributed by atoms with Crippen LogP contribution in [0.25, 0.3) is 32.7 Å². The highest BCUT2D eigenvalue weighted by Crippen LogP contribution is 2.45. The van der Waals surface area contributed by atoms with E-state index in [1.165, 1.54) is 54.6 Å². The molecule has 17 heteroatoms. The van der Waals surface area contributed by atoms with Crippen LogP contribution in [-0.2, 0) is 26.4 Å². The monoisotopic (exact) mass is 736 g/mol. The van der Waals surface area contributed by atoms with Gasteiger partial charge >= 0.3 is 6.18 Å². The first-order valence-electron chi connectivity index (χ1n) is 14.5. The summed E-state index contributed by atoms with van der Waals surface area (Å²) in [6, 6.07) is 21.8. The summed E-state index contributed by atoms with van der Waals surface area (Å²) in [5, 5.41) is 37.6. The molecular formula is C34H23F3N4O8S2. The van der Waals surface area contributed by atoms with Gasteiger partial charge < -0.3 is 10.2 Å². The number of rotatable bonds is 7. The summed E-state index contributed by atoms with van der Waals surface area (Å²) in [5.41, 5.74) is -2.29. The Labute approximate surface area is 287 Å². The lowest BCUT2D eigenvalue weighted by atomic mass is 9.99. The summed E-state index contributed by atoms with van der Waals surface area (Å²) in [6.07, 6.45) is -4.96. The van der Waals surface area contributed by atoms with E-state index in [4.69, 9.17) is 0 Å². The van der Waals surface area contributed by atoms with Crippen molar-refractivity contribution in [3.05, 3.63) is 108 Å². The molecule has 51 heavy (non-hydrogen) atoms. The minimum absolute atomic E-state index is 0.0841. The van der Waals surface area contributed by atoms with Crippen LogP contribution in [0.4, 0.5) is 35.9 Å². The zero-order chi connectivity index (χ0) is 36.9. The molecule has 6 aromatic carbocycles. The van der Waals surface area contributed by atoms with Gasteiger partial charge in [0.15, 0.2) is 11.5 Å². The second-order valence-corrected chi connectivity index (χ2v) is 13.9. The fraction of sp³-hybridized carbons (Fsp3) is 0.0588. The van der Waals surface area contributed by atoms with Crippen LogP contribution in [0.3, 0.4) is 0 Å². The fourth-order valence-corrected chi connectivity index (χ4v) is 6.67. The first-order chi connectivity index (χ1) is 23.9. The lowest BCUT2D eigenvalue weighted by Crippen LogP contribution is -2.05. The van der Waals surface area contributed by atoms with Crippen LogP contribution >= 0.6 is 0 Å². The molecule has 6 rings (SSSR count). The topological polar surface area (TPSA) is 199 Å². The molecule has 260 valence electrons. The van der Waals surface area contributed by atoms with Gasteiger partial charge in [0, 0.05) is 10.8 Å². The normalized spacial score (nSPS) is 12.8. The number of halogens is 3. The van der Waals surface area contributed by atoms with E-state index in [-0.39, 0.29) is 27.4 Å². The summed E-state index contributed by atoms with van der Waals surface area (Å²) in [6.45, 7) is 1.57. The van der Waals surface area contributed by atoms with E-state index in [9.17, 15) is 49.3 Å². The second kappa shape index (κ2) is 12.9. The molecule has 0 aliphatic rings. The molecule has 0 amide bonds. The van der Waals surface area contributed by atoms with E-state index in [0.717, 1.165) is 24.3 Å². The van der Waals surface area contributed by atoms with Crippen molar-refractivity contribution in [2.24, 2.45) is 20.5 Å². The number of phenols is 2. The van der Waals surface area contributed by atoms with Crippen molar-refractivity contribution in [2.75, 3.05) is 0 Å². The Hall–Kier alpha value is -5.75. The zero-order valence-corrected chi connectivity index (χ0v) is 27.5. The third-order valence-corrected chi connectivity index (χ3v) is 9.56. The van der Waals surface area contributed by atoms with Gasteiger partial charge in [-0.15, -0.1) is 15.3 Å². The van der Waals surface area contributed by atoms with E-state index >= 15 is 0 Å². The number of hydrogen-bond acceptors (Lipinski definition) is 10. The third-order valence-electron chi connectivity index (χ3n) is 7.82. The van der Waals surface area contributed by atoms with Crippen LogP contribution in [0, 0.1) is 6.92 Å². The molecule has 0 bridgehead atoms. The number of benzene rings is 6. The molecule has 0 saturated carbocycles. The van der Waals surface area contributed by atoms with Gasteiger partial charge in [-0.1, -0.05) is 60.7 Å². The predicted molar refractivity (Wildman–Crippen MR) is 181 cm³/mol. The summed E-state index contributed by atoms with van der Waals surface area (Å²) >= 11 is 0. The number of phenolic OH excluding ortho intramolecular Hbond substituents is 2. The minimum atomic E-state index is -4.98. The fourth-order valence-electron chi connectivity index (χ4n) is 5.36. The number of aromatic hydroxyl groups is 2. The van der Waals surface area contributed by atoms with Crippen molar-refractivity contribution in [3.8, 4) is 22.6 Å². The summed E-state index contributed by atoms with van der Waals surface area (Å²) in [5.74, 6) is -1.26. The molecular weight excluding hydrogens is 714 g/mol. The zero-order valence-electron chi connectivity index (χ0n) is 25.9. The van der Waals surface area contributed by atoms with Gasteiger partial charge in [-0.3, -0.25) is 9.11 Å². The Morgan fingerprint density at radius 2 is 1.00 bits per heavy atom. The van der Waals surface area contributed by atoms with Crippen molar-refractivity contribution in [1.82, 2.24) is 0 Å². The number of azo groups is 2. The average molecular weight is 737 g/mol. The molecule has 0 saturated heterocycles. The number of aryl methyl sites for hydroxylation is 1. The Balaban J connectivity index is 1.37. The van der Waals surface area contributed by atoms with E-state index in [2.05, 4.69) is 20.5 Å². The molecule has 12 nitrogen and oxygen atoms in total. The van der Waals surface area contributed by atoms with Gasteiger partial charge in [0.1, 0.15) is 21.2 Å². The van der Waals surface area contributed by atoms with Gasteiger partial charge in [0.05, 0.1) is 16.9 Å². The Morgan fingerprint density at radius 3 is 1.45 bits per heavy atom. The van der Waals surface area contributed by atoms with Crippen molar-refractivity contribution >= 4 is 64.5 Å². The Bertz CT molecular complexity index is 2680. The lowest BCUT2D eigenvalue weighted by Gasteiger charge is -2.13. The maximum absolute atomic E-state index is 14.3. The third kappa shape index (κ3) is 7.00. The van der Waals surface area contributed by atoms with Gasteiger partial charge in [-0.25, -0.2) is 0 Å². The second-order valence-electron chi connectivity index (χ2n) is 11.2. The van der Waals surface area contributed by atoms with Crippen LogP contribution in [0.1, 0.15) is 11.1 Å². The highest BCUT2D eigenvalue weighted by Gasteiger charge is 2.34. The lowest BCUT2D eigenvalue weighted by molar-refractivity contribution is -0.137. The van der Waals surface area contributed by atoms with Gasteiger partial charge in [0.25, 0.3) is 20.2 Å². The molecule has 0 spiro atoms. The molecule has 0 radical (unpaired) electrons. The number of fused-ring (bicyclic) bond motifs is 2. The first kappa shape index (κ1) is 35.1. The number of hydrogen-bond donors (Lipinski definition) is 4. The van der Waals surface area contributed by atoms with E-state index in [1.54, 1.807) is 25.1 Å². The van der Waals surface area contributed by atoms with Gasteiger partial charge in [0.2, 0.25) is 0 Å². The molecule has 0 unspecified atom stereocenters. The minimum Gasteiger partial charge on any atom is -0.505 e. The van der Waals surface area contributed by atoms with Crippen LogP contribution in [-0.4, -0.2) is 36.2 Å². The summed E-state index contributed by atoms with van der Waals surface area (Å²) < 4.78 is 111. The Kier molecular flexibility index (Phi) is 8.84. The number of nitrogens with zero attached hydrogens (tertiary/aromatic N) is 4. The van der Waals surface area contributed by atoms with Crippen LogP contribution in [0.15, 0.2) is 127 Å². The maximum Gasteiger partial charge on any atom is 0.418 e. The summed E-state index contributed by atoms with van der Waals surface area (Å²) in [7, 11) is -9.82. The first-order valence-corrected chi connectivity index (χ1v) is 17.4. The van der Waals surface area contributed by atoms with Crippen molar-refractivity contribution in [2.45, 2.75) is 22.9 Å². The molecule has 0 atom stereocenters. The molecule has 0 aliphatic carbocycles. The van der Waals surface area contributed by atoms with Crippen molar-refractivity contribution < 1.29 is 49.3 Å². The largest absolute Gasteiger partial charge is 0.505 e. The predicted octanol–water partition coefficient (Wildman–Crippen LogP) is 9.72. The standard InChI is InChI=1S/C34H23F3N4O8S2/c1-18-14-19(10-12-26(18)38-40-30-28(50(44,45)46)16-21-6-2-4-8-23(21)32(30)42)20-11-13-27(25(15-20)34(35,36)37)39-41-31-29(51(47,48)49)17-22-7-3-5-9-24(22)33(31)43/h2-17,42-43H,1H3,(H,44,45,46)(H,47,48,49).